The van der Waals surface area contributed by atoms with E-state index >= 15 is 0 Å². The second kappa shape index (κ2) is 16.7. The number of fused-ring (bicyclic) bond motifs is 10. The first-order valence-corrected chi connectivity index (χ1v) is 25.5. The van der Waals surface area contributed by atoms with Crippen LogP contribution in [0, 0.1) is 0 Å². The minimum Gasteiger partial charge on any atom is -0.456 e. The topological polar surface area (TPSA) is 21.3 Å². The molecule has 0 N–H and O–H groups in total. The standard InChI is InChI=1S/C71H46N2O/c1-3-22-51(23-4-1)71(52-24-5-2-6-25-52)63-32-14-11-29-58(63)59-41-40-55(46-64(59)71)72(54-39-37-47-19-7-8-20-48(47)43-54)53-26-17-21-49(44-53)56-27-9-10-28-57(56)50-38-42-66-62(45-50)60-30-12-15-33-65(60)73(66)67-34-18-36-69-70(67)61-31-13-16-35-68(61)74-69/h1-46H. The van der Waals surface area contributed by atoms with Gasteiger partial charge in [-0.15, -0.1) is 0 Å². The lowest BCUT2D eigenvalue weighted by Crippen LogP contribution is -2.28. The molecule has 1 aliphatic carbocycles. The average Bonchev–Trinajstić information content (AvgIpc) is 4.16. The van der Waals surface area contributed by atoms with Crippen LogP contribution < -0.4 is 4.90 Å². The molecule has 2 aromatic heterocycles. The van der Waals surface area contributed by atoms with Gasteiger partial charge in [-0.2, -0.15) is 0 Å². The first-order valence-electron chi connectivity index (χ1n) is 25.5. The van der Waals surface area contributed by atoms with Gasteiger partial charge in [0.1, 0.15) is 11.2 Å². The van der Waals surface area contributed by atoms with Crippen molar-refractivity contribution in [2.75, 3.05) is 4.90 Å². The normalized spacial score (nSPS) is 12.7. The van der Waals surface area contributed by atoms with Crippen LogP contribution in [0.3, 0.4) is 0 Å². The summed E-state index contributed by atoms with van der Waals surface area (Å²) < 4.78 is 8.81. The molecule has 0 amide bonds. The summed E-state index contributed by atoms with van der Waals surface area (Å²) in [6, 6.07) is 102. The SMILES string of the molecule is c1ccc(C2(c3ccccc3)c3ccccc3-c3ccc(N(c4cccc(-c5ccccc5-c5ccc6c(c5)c5ccccc5n6-c5cccc6oc7ccccc7c56)c4)c4ccc5ccccc5c4)cc32)cc1. The van der Waals surface area contributed by atoms with Gasteiger partial charge in [0.25, 0.3) is 0 Å². The van der Waals surface area contributed by atoms with E-state index in [-0.39, 0.29) is 0 Å². The minimum absolute atomic E-state index is 0.533. The maximum absolute atomic E-state index is 6.39. The Labute approximate surface area is 429 Å². The molecule has 15 rings (SSSR count). The van der Waals surface area contributed by atoms with E-state index in [1.807, 2.05) is 6.07 Å². The summed E-state index contributed by atoms with van der Waals surface area (Å²) in [5.41, 5.74) is 20.2. The Balaban J connectivity index is 0.901. The molecule has 0 saturated heterocycles. The Bertz CT molecular complexity index is 4470. The second-order valence-corrected chi connectivity index (χ2v) is 19.6. The third-order valence-electron chi connectivity index (χ3n) is 15.6. The molecule has 1 aliphatic rings. The van der Waals surface area contributed by atoms with Crippen molar-refractivity contribution in [3.05, 3.63) is 301 Å². The molecular formula is C71H46N2O. The highest BCUT2D eigenvalue weighted by Crippen LogP contribution is 2.57. The van der Waals surface area contributed by atoms with Gasteiger partial charge in [0, 0.05) is 33.2 Å². The molecule has 12 aromatic carbocycles. The van der Waals surface area contributed by atoms with Gasteiger partial charge in [-0.3, -0.25) is 0 Å². The smallest absolute Gasteiger partial charge is 0.137 e. The van der Waals surface area contributed by atoms with Gasteiger partial charge in [0.2, 0.25) is 0 Å². The fourth-order valence-electron chi connectivity index (χ4n) is 12.5. The Hall–Kier alpha value is -9.70. The number of nitrogens with zero attached hydrogens (tertiary/aromatic N) is 2. The number of benzene rings is 12. The van der Waals surface area contributed by atoms with Crippen molar-refractivity contribution in [2.24, 2.45) is 0 Å². The Morgan fingerprint density at radius 3 is 1.72 bits per heavy atom. The maximum Gasteiger partial charge on any atom is 0.137 e. The van der Waals surface area contributed by atoms with Gasteiger partial charge in [0.05, 0.1) is 27.5 Å². The minimum atomic E-state index is -0.533. The molecule has 3 heteroatoms. The van der Waals surface area contributed by atoms with Crippen LogP contribution in [0.2, 0.25) is 0 Å². The number of rotatable bonds is 8. The highest BCUT2D eigenvalue weighted by molar-refractivity contribution is 6.15. The van der Waals surface area contributed by atoms with Crippen molar-refractivity contribution < 1.29 is 4.42 Å². The highest BCUT2D eigenvalue weighted by Gasteiger charge is 2.46. The number of furan rings is 1. The molecule has 74 heavy (non-hydrogen) atoms. The molecule has 3 nitrogen and oxygen atoms in total. The summed E-state index contributed by atoms with van der Waals surface area (Å²) in [5, 5.41) is 7.05. The van der Waals surface area contributed by atoms with Gasteiger partial charge in [-0.1, -0.05) is 206 Å². The largest absolute Gasteiger partial charge is 0.456 e. The van der Waals surface area contributed by atoms with Gasteiger partial charge in [-0.25, -0.2) is 0 Å². The third kappa shape index (κ3) is 6.33. The Morgan fingerprint density at radius 2 is 0.905 bits per heavy atom. The van der Waals surface area contributed by atoms with Gasteiger partial charge < -0.3 is 13.9 Å². The zero-order chi connectivity index (χ0) is 48.7. The van der Waals surface area contributed by atoms with Gasteiger partial charge >= 0.3 is 0 Å². The molecule has 0 unspecified atom stereocenters. The second-order valence-electron chi connectivity index (χ2n) is 19.6. The Kier molecular flexibility index (Phi) is 9.48. The lowest BCUT2D eigenvalue weighted by atomic mass is 9.67. The van der Waals surface area contributed by atoms with E-state index in [1.165, 1.54) is 66.1 Å². The van der Waals surface area contributed by atoms with E-state index in [4.69, 9.17) is 4.42 Å². The monoisotopic (exact) mass is 942 g/mol. The Morgan fingerprint density at radius 1 is 0.324 bits per heavy atom. The number of anilines is 3. The van der Waals surface area contributed by atoms with Crippen molar-refractivity contribution >= 4 is 71.6 Å². The van der Waals surface area contributed by atoms with E-state index in [2.05, 4.69) is 282 Å². The van der Waals surface area contributed by atoms with Gasteiger partial charge in [-0.05, 0) is 139 Å². The lowest BCUT2D eigenvalue weighted by Gasteiger charge is -2.35. The molecule has 346 valence electrons. The van der Waals surface area contributed by atoms with E-state index in [0.29, 0.717) is 0 Å². The first kappa shape index (κ1) is 42.0. The molecule has 0 bridgehead atoms. The van der Waals surface area contributed by atoms with Gasteiger partial charge in [0.15, 0.2) is 0 Å². The lowest BCUT2D eigenvalue weighted by molar-refractivity contribution is 0.669. The van der Waals surface area contributed by atoms with Crippen molar-refractivity contribution in [1.29, 1.82) is 0 Å². The fourth-order valence-corrected chi connectivity index (χ4v) is 12.5. The molecule has 0 fully saturated rings. The van der Waals surface area contributed by atoms with Crippen LogP contribution >= 0.6 is 0 Å². The van der Waals surface area contributed by atoms with Crippen LogP contribution in [0.15, 0.2) is 283 Å². The number of para-hydroxylation sites is 2. The summed E-state index contributed by atoms with van der Waals surface area (Å²) in [6.45, 7) is 0. The number of aromatic nitrogens is 1. The summed E-state index contributed by atoms with van der Waals surface area (Å²) in [5.74, 6) is 0. The van der Waals surface area contributed by atoms with Crippen molar-refractivity contribution in [2.45, 2.75) is 5.41 Å². The van der Waals surface area contributed by atoms with E-state index in [0.717, 1.165) is 66.8 Å². The summed E-state index contributed by atoms with van der Waals surface area (Å²) in [7, 11) is 0. The van der Waals surface area contributed by atoms with Crippen molar-refractivity contribution in [1.82, 2.24) is 4.57 Å². The summed E-state index contributed by atoms with van der Waals surface area (Å²) >= 11 is 0. The van der Waals surface area contributed by atoms with Crippen LogP contribution in [0.1, 0.15) is 22.3 Å². The number of hydrogen-bond acceptors (Lipinski definition) is 2. The summed E-state index contributed by atoms with van der Waals surface area (Å²) in [4.78, 5) is 2.45. The molecule has 0 spiro atoms. The van der Waals surface area contributed by atoms with Crippen molar-refractivity contribution in [3.8, 4) is 39.1 Å². The number of hydrogen-bond donors (Lipinski definition) is 0. The van der Waals surface area contributed by atoms with Crippen LogP contribution in [-0.4, -0.2) is 4.57 Å². The van der Waals surface area contributed by atoms with Crippen LogP contribution in [0.4, 0.5) is 17.1 Å². The maximum atomic E-state index is 6.39. The zero-order valence-corrected chi connectivity index (χ0v) is 40.4. The van der Waals surface area contributed by atoms with E-state index in [1.54, 1.807) is 0 Å². The van der Waals surface area contributed by atoms with Crippen molar-refractivity contribution in [3.63, 3.8) is 0 Å². The summed E-state index contributed by atoms with van der Waals surface area (Å²) in [6.07, 6.45) is 0. The molecule has 0 aliphatic heterocycles. The molecule has 14 aromatic rings. The molecule has 0 radical (unpaired) electrons. The quantitative estimate of drug-likeness (QED) is 0.151. The fraction of sp³-hybridized carbons (Fsp3) is 0.0141. The molecule has 2 heterocycles. The van der Waals surface area contributed by atoms with Crippen LogP contribution in [0.5, 0.6) is 0 Å². The van der Waals surface area contributed by atoms with E-state index in [9.17, 15) is 0 Å². The third-order valence-corrected chi connectivity index (χ3v) is 15.6. The molecular weight excluding hydrogens is 897 g/mol. The van der Waals surface area contributed by atoms with E-state index < -0.39 is 5.41 Å². The zero-order valence-electron chi connectivity index (χ0n) is 40.4. The molecule has 0 atom stereocenters. The molecule has 0 saturated carbocycles. The average molecular weight is 943 g/mol. The predicted octanol–water partition coefficient (Wildman–Crippen LogP) is 19.0. The first-order chi connectivity index (χ1) is 36.7. The predicted molar refractivity (Wildman–Crippen MR) is 308 cm³/mol. The van der Waals surface area contributed by atoms with Crippen LogP contribution in [-0.2, 0) is 5.41 Å². The van der Waals surface area contributed by atoms with Crippen LogP contribution in [0.25, 0.3) is 93.6 Å². The highest BCUT2D eigenvalue weighted by atomic mass is 16.3.